The van der Waals surface area contributed by atoms with Crippen molar-refractivity contribution in [1.29, 1.82) is 0 Å². The number of halogens is 1. The van der Waals surface area contributed by atoms with Crippen LogP contribution in [0, 0.1) is 6.92 Å². The van der Waals surface area contributed by atoms with Gasteiger partial charge in [0.05, 0.1) is 11.2 Å². The highest BCUT2D eigenvalue weighted by Gasteiger charge is 2.52. The zero-order valence-corrected chi connectivity index (χ0v) is 17.2. The molecule has 1 saturated heterocycles. The van der Waals surface area contributed by atoms with E-state index in [0.717, 1.165) is 35.3 Å². The van der Waals surface area contributed by atoms with Gasteiger partial charge in [0.25, 0.3) is 0 Å². The third-order valence-corrected chi connectivity index (χ3v) is 6.27. The van der Waals surface area contributed by atoms with E-state index in [4.69, 9.17) is 20.9 Å². The first-order valence-corrected chi connectivity index (χ1v) is 9.76. The van der Waals surface area contributed by atoms with Crippen molar-refractivity contribution in [1.82, 2.24) is 0 Å². The van der Waals surface area contributed by atoms with Crippen LogP contribution in [0.1, 0.15) is 50.8 Å². The molecule has 0 radical (unpaired) electrons. The van der Waals surface area contributed by atoms with E-state index in [1.165, 1.54) is 11.1 Å². The van der Waals surface area contributed by atoms with Crippen LogP contribution >= 0.6 is 11.6 Å². The Morgan fingerprint density at radius 1 is 0.846 bits per heavy atom. The van der Waals surface area contributed by atoms with Crippen molar-refractivity contribution in [2.24, 2.45) is 0 Å². The van der Waals surface area contributed by atoms with Crippen LogP contribution in [-0.2, 0) is 22.2 Å². The molecule has 4 heteroatoms. The lowest BCUT2D eigenvalue weighted by Crippen LogP contribution is -2.41. The lowest BCUT2D eigenvalue weighted by atomic mass is 9.75. The van der Waals surface area contributed by atoms with Crippen LogP contribution in [0.25, 0.3) is 0 Å². The Hall–Kier alpha value is -1.29. The summed E-state index contributed by atoms with van der Waals surface area (Å²) in [5.74, 6) is 0. The summed E-state index contributed by atoms with van der Waals surface area (Å²) in [4.78, 5) is 0. The summed E-state index contributed by atoms with van der Waals surface area (Å²) < 4.78 is 12.5. The fraction of sp³-hybridized carbons (Fsp3) is 0.455. The molecular weight excluding hydrogens is 343 g/mol. The van der Waals surface area contributed by atoms with E-state index in [1.807, 2.05) is 0 Å². The van der Waals surface area contributed by atoms with Gasteiger partial charge in [0, 0.05) is 5.02 Å². The molecule has 1 aliphatic heterocycles. The molecular formula is C22H28BClO2. The third-order valence-electron chi connectivity index (χ3n) is 5.73. The van der Waals surface area contributed by atoms with Crippen LogP contribution in [0.3, 0.4) is 0 Å². The molecule has 2 aromatic rings. The highest BCUT2D eigenvalue weighted by molar-refractivity contribution is 6.62. The maximum atomic E-state index is 6.43. The van der Waals surface area contributed by atoms with Crippen LogP contribution in [0.2, 0.25) is 5.02 Å². The molecule has 0 unspecified atom stereocenters. The predicted molar refractivity (Wildman–Crippen MR) is 110 cm³/mol. The Balaban J connectivity index is 1.71. The van der Waals surface area contributed by atoms with Gasteiger partial charge in [0.2, 0.25) is 0 Å². The van der Waals surface area contributed by atoms with E-state index in [9.17, 15) is 0 Å². The lowest BCUT2D eigenvalue weighted by molar-refractivity contribution is 0.00578. The molecule has 0 aliphatic carbocycles. The summed E-state index contributed by atoms with van der Waals surface area (Å²) in [6.07, 6.45) is 2.99. The summed E-state index contributed by atoms with van der Waals surface area (Å²) in [5, 5.41) is 0.895. The second kappa shape index (κ2) is 7.38. The molecule has 26 heavy (non-hydrogen) atoms. The SMILES string of the molecule is Cc1cccc(CCCc2ccccc2B2OC(C)(C)C(C)(C)O2)c1Cl. The Kier molecular flexibility index (Phi) is 5.53. The molecule has 1 aliphatic rings. The van der Waals surface area contributed by atoms with Crippen molar-refractivity contribution in [2.45, 2.75) is 65.1 Å². The monoisotopic (exact) mass is 370 g/mol. The number of aryl methyl sites for hydroxylation is 3. The summed E-state index contributed by atoms with van der Waals surface area (Å²) >= 11 is 6.43. The molecule has 0 amide bonds. The number of benzene rings is 2. The van der Waals surface area contributed by atoms with Crippen LogP contribution in [-0.4, -0.2) is 18.3 Å². The maximum Gasteiger partial charge on any atom is 0.495 e. The molecule has 0 atom stereocenters. The van der Waals surface area contributed by atoms with Crippen LogP contribution in [0.15, 0.2) is 42.5 Å². The first-order valence-electron chi connectivity index (χ1n) is 9.39. The molecule has 1 heterocycles. The summed E-state index contributed by atoms with van der Waals surface area (Å²) in [6, 6.07) is 14.7. The second-order valence-corrected chi connectivity index (χ2v) is 8.57. The first kappa shape index (κ1) is 19.5. The van der Waals surface area contributed by atoms with E-state index >= 15 is 0 Å². The van der Waals surface area contributed by atoms with Gasteiger partial charge in [0.1, 0.15) is 0 Å². The zero-order chi connectivity index (χ0) is 18.9. The minimum Gasteiger partial charge on any atom is -0.399 e. The van der Waals surface area contributed by atoms with E-state index in [1.54, 1.807) is 0 Å². The van der Waals surface area contributed by atoms with Gasteiger partial charge in [0.15, 0.2) is 0 Å². The van der Waals surface area contributed by atoms with Crippen molar-refractivity contribution >= 4 is 24.2 Å². The van der Waals surface area contributed by atoms with Crippen molar-refractivity contribution in [3.63, 3.8) is 0 Å². The fourth-order valence-corrected chi connectivity index (χ4v) is 3.55. The Morgan fingerprint density at radius 2 is 1.42 bits per heavy atom. The van der Waals surface area contributed by atoms with Gasteiger partial charge in [-0.05, 0) is 76.0 Å². The molecule has 0 bridgehead atoms. The third kappa shape index (κ3) is 3.85. The van der Waals surface area contributed by atoms with E-state index in [0.29, 0.717) is 0 Å². The molecule has 3 rings (SSSR count). The quantitative estimate of drug-likeness (QED) is 0.680. The summed E-state index contributed by atoms with van der Waals surface area (Å²) in [6.45, 7) is 10.4. The number of rotatable bonds is 5. The fourth-order valence-electron chi connectivity index (χ4n) is 3.33. The van der Waals surface area contributed by atoms with Gasteiger partial charge in [-0.1, -0.05) is 54.1 Å². The van der Waals surface area contributed by atoms with Crippen molar-refractivity contribution < 1.29 is 9.31 Å². The summed E-state index contributed by atoms with van der Waals surface area (Å²) in [7, 11) is -0.307. The Labute approximate surface area is 163 Å². The second-order valence-electron chi connectivity index (χ2n) is 8.19. The summed E-state index contributed by atoms with van der Waals surface area (Å²) in [5.41, 5.74) is 4.15. The van der Waals surface area contributed by atoms with Crippen molar-refractivity contribution in [3.8, 4) is 0 Å². The molecule has 0 N–H and O–H groups in total. The normalized spacial score (nSPS) is 18.3. The van der Waals surface area contributed by atoms with E-state index < -0.39 is 0 Å². The van der Waals surface area contributed by atoms with Gasteiger partial charge in [-0.25, -0.2) is 0 Å². The van der Waals surface area contributed by atoms with Gasteiger partial charge in [-0.3, -0.25) is 0 Å². The number of hydrogen-bond acceptors (Lipinski definition) is 2. The van der Waals surface area contributed by atoms with Crippen LogP contribution in [0.4, 0.5) is 0 Å². The number of hydrogen-bond donors (Lipinski definition) is 0. The van der Waals surface area contributed by atoms with E-state index in [2.05, 4.69) is 77.1 Å². The largest absolute Gasteiger partial charge is 0.495 e. The molecule has 0 spiro atoms. The minimum absolute atomic E-state index is 0.307. The molecule has 0 saturated carbocycles. The van der Waals surface area contributed by atoms with Crippen molar-refractivity contribution in [2.75, 3.05) is 0 Å². The predicted octanol–water partition coefficient (Wildman–Crippen LogP) is 5.12. The molecule has 2 nitrogen and oxygen atoms in total. The highest BCUT2D eigenvalue weighted by atomic mass is 35.5. The van der Waals surface area contributed by atoms with Gasteiger partial charge in [-0.2, -0.15) is 0 Å². The molecule has 138 valence electrons. The average Bonchev–Trinajstić information content (AvgIpc) is 2.80. The standard InChI is InChI=1S/C22H28BClO2/c1-16-10-8-13-18(20(16)24)14-9-12-17-11-6-7-15-19(17)23-25-21(2,3)22(4,5)26-23/h6-8,10-11,13,15H,9,12,14H2,1-5H3. The van der Waals surface area contributed by atoms with E-state index in [-0.39, 0.29) is 18.3 Å². The zero-order valence-electron chi connectivity index (χ0n) is 16.4. The first-order chi connectivity index (χ1) is 12.2. The Bertz CT molecular complexity index is 769. The maximum absolute atomic E-state index is 6.43. The Morgan fingerprint density at radius 3 is 2.12 bits per heavy atom. The van der Waals surface area contributed by atoms with Gasteiger partial charge in [-0.15, -0.1) is 0 Å². The average molecular weight is 371 g/mol. The van der Waals surface area contributed by atoms with Crippen LogP contribution < -0.4 is 5.46 Å². The minimum atomic E-state index is -0.320. The topological polar surface area (TPSA) is 18.5 Å². The lowest BCUT2D eigenvalue weighted by Gasteiger charge is -2.32. The molecule has 2 aromatic carbocycles. The van der Waals surface area contributed by atoms with Crippen molar-refractivity contribution in [3.05, 3.63) is 64.2 Å². The van der Waals surface area contributed by atoms with Gasteiger partial charge >= 0.3 is 7.12 Å². The molecule has 1 fully saturated rings. The smallest absolute Gasteiger partial charge is 0.399 e. The highest BCUT2D eigenvalue weighted by Crippen LogP contribution is 2.36. The van der Waals surface area contributed by atoms with Crippen LogP contribution in [0.5, 0.6) is 0 Å². The van der Waals surface area contributed by atoms with Gasteiger partial charge < -0.3 is 9.31 Å². The molecule has 0 aromatic heterocycles.